The largest absolute Gasteiger partial charge is 0.417 e. The van der Waals surface area contributed by atoms with E-state index in [1.165, 1.54) is 0 Å². The molecule has 0 bridgehead atoms. The van der Waals surface area contributed by atoms with Crippen molar-refractivity contribution in [3.63, 3.8) is 0 Å². The van der Waals surface area contributed by atoms with Crippen molar-refractivity contribution in [1.29, 1.82) is 0 Å². The Morgan fingerprint density at radius 3 is 2.60 bits per heavy atom. The predicted molar refractivity (Wildman–Crippen MR) is 99.9 cm³/mol. The zero-order valence-electron chi connectivity index (χ0n) is 16.6. The Kier molecular flexibility index (Phi) is 5.25. The van der Waals surface area contributed by atoms with E-state index < -0.39 is 17.7 Å². The number of amides is 1. The van der Waals surface area contributed by atoms with Crippen LogP contribution in [0.25, 0.3) is 11.1 Å². The molecule has 1 fully saturated rings. The monoisotopic (exact) mass is 422 g/mol. The smallest absolute Gasteiger partial charge is 0.351 e. The zero-order chi connectivity index (χ0) is 21.5. The van der Waals surface area contributed by atoms with Crippen LogP contribution in [0.4, 0.5) is 13.2 Å². The fraction of sp³-hybridized carbons (Fsp3) is 0.500. The van der Waals surface area contributed by atoms with Crippen molar-refractivity contribution in [1.82, 2.24) is 20.2 Å². The number of likely N-dealkylation sites (tertiary alicyclic amines) is 1. The van der Waals surface area contributed by atoms with E-state index in [1.807, 2.05) is 6.92 Å². The van der Waals surface area contributed by atoms with Crippen molar-refractivity contribution in [3.8, 4) is 0 Å². The van der Waals surface area contributed by atoms with E-state index in [1.54, 1.807) is 17.9 Å². The Morgan fingerprint density at radius 1 is 1.17 bits per heavy atom. The summed E-state index contributed by atoms with van der Waals surface area (Å²) in [6.45, 7) is 4.33. The number of pyridine rings is 1. The maximum atomic E-state index is 13.7. The van der Waals surface area contributed by atoms with Crippen LogP contribution in [0.1, 0.15) is 65.8 Å². The van der Waals surface area contributed by atoms with Crippen molar-refractivity contribution >= 4 is 17.0 Å². The van der Waals surface area contributed by atoms with Gasteiger partial charge in [-0.05, 0) is 31.7 Å². The van der Waals surface area contributed by atoms with Crippen LogP contribution in [0.5, 0.6) is 0 Å². The molecule has 0 unspecified atom stereocenters. The third kappa shape index (κ3) is 3.66. The first-order chi connectivity index (χ1) is 14.3. The van der Waals surface area contributed by atoms with Crippen LogP contribution >= 0.6 is 0 Å². The van der Waals surface area contributed by atoms with Crippen molar-refractivity contribution in [2.24, 2.45) is 0 Å². The number of alkyl halides is 3. The molecule has 3 aromatic rings. The van der Waals surface area contributed by atoms with Crippen LogP contribution in [-0.4, -0.2) is 39.2 Å². The second kappa shape index (κ2) is 7.73. The van der Waals surface area contributed by atoms with Crippen molar-refractivity contribution in [2.45, 2.75) is 51.6 Å². The van der Waals surface area contributed by atoms with Crippen LogP contribution in [0.15, 0.2) is 21.2 Å². The highest BCUT2D eigenvalue weighted by Gasteiger charge is 2.38. The van der Waals surface area contributed by atoms with Gasteiger partial charge in [0.15, 0.2) is 0 Å². The number of aromatic nitrogens is 3. The Bertz CT molecular complexity index is 1070. The van der Waals surface area contributed by atoms with E-state index in [0.29, 0.717) is 37.9 Å². The topological polar surface area (TPSA) is 85.3 Å². The van der Waals surface area contributed by atoms with Crippen LogP contribution < -0.4 is 0 Å². The van der Waals surface area contributed by atoms with Gasteiger partial charge in [-0.15, -0.1) is 0 Å². The van der Waals surface area contributed by atoms with Crippen molar-refractivity contribution < 1.29 is 27.0 Å². The average Bonchev–Trinajstić information content (AvgIpc) is 3.38. The Morgan fingerprint density at radius 2 is 1.93 bits per heavy atom. The lowest BCUT2D eigenvalue weighted by Crippen LogP contribution is -2.39. The minimum absolute atomic E-state index is 0.119. The summed E-state index contributed by atoms with van der Waals surface area (Å²) in [6, 6.07) is 2.64. The van der Waals surface area contributed by atoms with Crippen molar-refractivity contribution in [2.75, 3.05) is 13.1 Å². The van der Waals surface area contributed by atoms with Gasteiger partial charge in [0.2, 0.25) is 5.76 Å². The third-order valence-electron chi connectivity index (χ3n) is 5.42. The summed E-state index contributed by atoms with van der Waals surface area (Å²) >= 11 is 0. The number of carbonyl (C=O) groups excluding carboxylic acids is 1. The number of halogens is 3. The Balaban J connectivity index is 1.67. The summed E-state index contributed by atoms with van der Waals surface area (Å²) in [5, 5.41) is 7.65. The average molecular weight is 422 g/mol. The summed E-state index contributed by atoms with van der Waals surface area (Å²) in [4.78, 5) is 18.5. The van der Waals surface area contributed by atoms with E-state index >= 15 is 0 Å². The second-order valence-electron chi connectivity index (χ2n) is 7.39. The predicted octanol–water partition coefficient (Wildman–Crippen LogP) is 4.37. The highest BCUT2D eigenvalue weighted by Crippen LogP contribution is 2.40. The molecular formula is C20H21F3N4O3. The second-order valence-corrected chi connectivity index (χ2v) is 7.39. The molecule has 0 aliphatic carbocycles. The van der Waals surface area contributed by atoms with Gasteiger partial charge in [-0.3, -0.25) is 4.79 Å². The van der Waals surface area contributed by atoms with Gasteiger partial charge < -0.3 is 13.9 Å². The third-order valence-corrected chi connectivity index (χ3v) is 5.42. The number of fused-ring (bicyclic) bond motifs is 1. The van der Waals surface area contributed by atoms with E-state index in [0.717, 1.165) is 6.07 Å². The van der Waals surface area contributed by atoms with Gasteiger partial charge in [-0.2, -0.15) is 13.2 Å². The van der Waals surface area contributed by atoms with Crippen LogP contribution in [0.3, 0.4) is 0 Å². The van der Waals surface area contributed by atoms with E-state index in [2.05, 4.69) is 15.3 Å². The molecule has 1 aliphatic rings. The molecule has 4 rings (SSSR count). The number of piperidine rings is 1. The number of rotatable bonds is 4. The highest BCUT2D eigenvalue weighted by molar-refractivity contribution is 5.91. The quantitative estimate of drug-likeness (QED) is 0.621. The molecular weight excluding hydrogens is 401 g/mol. The molecule has 30 heavy (non-hydrogen) atoms. The minimum Gasteiger partial charge on any atom is -0.351 e. The number of carbonyl (C=O) groups is 1. The summed E-state index contributed by atoms with van der Waals surface area (Å²) in [5.41, 5.74) is 0.226. The normalized spacial score (nSPS) is 17.6. The number of hydrogen-bond acceptors (Lipinski definition) is 6. The fourth-order valence-corrected chi connectivity index (χ4v) is 3.83. The molecule has 0 N–H and O–H groups in total. The molecule has 0 aromatic carbocycles. The molecule has 1 atom stereocenters. The molecule has 0 saturated carbocycles. The van der Waals surface area contributed by atoms with Gasteiger partial charge in [-0.25, -0.2) is 4.98 Å². The van der Waals surface area contributed by atoms with Crippen LogP contribution in [0.2, 0.25) is 0 Å². The highest BCUT2D eigenvalue weighted by atomic mass is 19.4. The van der Waals surface area contributed by atoms with Gasteiger partial charge in [0.1, 0.15) is 0 Å². The summed E-state index contributed by atoms with van der Waals surface area (Å²) in [7, 11) is 0. The molecule has 160 valence electrons. The van der Waals surface area contributed by atoms with E-state index in [-0.39, 0.29) is 40.7 Å². The van der Waals surface area contributed by atoms with Gasteiger partial charge in [0, 0.05) is 30.8 Å². The van der Waals surface area contributed by atoms with Crippen LogP contribution in [0, 0.1) is 0 Å². The summed E-state index contributed by atoms with van der Waals surface area (Å²) in [5.74, 6) is -0.599. The molecule has 0 radical (unpaired) electrons. The number of aryl methyl sites for hydroxylation is 2. The molecule has 4 heterocycles. The maximum Gasteiger partial charge on any atom is 0.417 e. The lowest BCUT2D eigenvalue weighted by Gasteiger charge is -2.31. The van der Waals surface area contributed by atoms with Crippen molar-refractivity contribution in [3.05, 3.63) is 40.5 Å². The lowest BCUT2D eigenvalue weighted by atomic mass is 9.91. The van der Waals surface area contributed by atoms with Crippen LogP contribution in [-0.2, 0) is 19.0 Å². The molecule has 1 aliphatic heterocycles. The molecule has 7 nitrogen and oxygen atoms in total. The van der Waals surface area contributed by atoms with Gasteiger partial charge in [0.05, 0.1) is 22.3 Å². The molecule has 0 spiro atoms. The standard InChI is InChI=1S/C20H21F3N4O3/c1-3-12-8-14(20(21,22)23)16-17(26-30-18(16)24-12)11-6-5-7-27(10-11)19(28)15-9-13(4-2)25-29-15/h8-9,11H,3-7,10H2,1-2H3/t11-/m0/s1. The first-order valence-corrected chi connectivity index (χ1v) is 9.93. The fourth-order valence-electron chi connectivity index (χ4n) is 3.83. The Hall–Kier alpha value is -2.91. The van der Waals surface area contributed by atoms with Gasteiger partial charge in [0.25, 0.3) is 11.6 Å². The molecule has 1 amide bonds. The van der Waals surface area contributed by atoms with Gasteiger partial charge in [-0.1, -0.05) is 24.2 Å². The molecule has 10 heteroatoms. The van der Waals surface area contributed by atoms with E-state index in [4.69, 9.17) is 9.05 Å². The maximum absolute atomic E-state index is 13.7. The van der Waals surface area contributed by atoms with E-state index in [9.17, 15) is 18.0 Å². The molecule has 1 saturated heterocycles. The Labute approximate surface area is 170 Å². The summed E-state index contributed by atoms with van der Waals surface area (Å²) in [6.07, 6.45) is -2.36. The first-order valence-electron chi connectivity index (χ1n) is 9.93. The first kappa shape index (κ1) is 20.4. The SMILES string of the molecule is CCc1cc(C(=O)N2CCC[C@H](c3noc4nc(CC)cc(C(F)(F)F)c34)C2)on1. The lowest BCUT2D eigenvalue weighted by molar-refractivity contribution is -0.136. The number of nitrogens with zero attached hydrogens (tertiary/aromatic N) is 4. The zero-order valence-corrected chi connectivity index (χ0v) is 16.6. The van der Waals surface area contributed by atoms with Gasteiger partial charge >= 0.3 is 6.18 Å². The number of hydrogen-bond donors (Lipinski definition) is 0. The summed E-state index contributed by atoms with van der Waals surface area (Å²) < 4.78 is 51.5. The molecule has 3 aromatic heterocycles. The minimum atomic E-state index is -4.56.